The van der Waals surface area contributed by atoms with Crippen LogP contribution < -0.4 is 14.8 Å². The Morgan fingerprint density at radius 2 is 1.80 bits per heavy atom. The number of hydrogen-bond acceptors (Lipinski definition) is 5. The molecule has 3 aliphatic rings. The van der Waals surface area contributed by atoms with Crippen LogP contribution in [0.1, 0.15) is 34.5 Å². The number of nitrogens with zero attached hydrogens (tertiary/aromatic N) is 4. The van der Waals surface area contributed by atoms with Crippen LogP contribution in [0, 0.1) is 0 Å². The van der Waals surface area contributed by atoms with E-state index < -0.39 is 0 Å². The Kier molecular flexibility index (Phi) is 4.94. The van der Waals surface area contributed by atoms with E-state index in [1.54, 1.807) is 11.1 Å². The molecule has 0 radical (unpaired) electrons. The van der Waals surface area contributed by atoms with Crippen molar-refractivity contribution in [3.05, 3.63) is 41.2 Å². The summed E-state index contributed by atoms with van der Waals surface area (Å²) in [4.78, 5) is 29.1. The van der Waals surface area contributed by atoms with E-state index in [1.807, 2.05) is 27.8 Å². The molecule has 30 heavy (non-hydrogen) atoms. The van der Waals surface area contributed by atoms with Gasteiger partial charge in [-0.15, -0.1) is 0 Å². The van der Waals surface area contributed by atoms with Gasteiger partial charge >= 0.3 is 6.03 Å². The van der Waals surface area contributed by atoms with E-state index in [0.717, 1.165) is 48.4 Å². The van der Waals surface area contributed by atoms with Gasteiger partial charge in [0.05, 0.1) is 17.5 Å². The van der Waals surface area contributed by atoms with Gasteiger partial charge in [0.25, 0.3) is 5.91 Å². The Bertz CT molecular complexity index is 964. The van der Waals surface area contributed by atoms with Crippen LogP contribution in [-0.2, 0) is 19.5 Å². The van der Waals surface area contributed by atoms with Gasteiger partial charge in [-0.05, 0) is 37.0 Å². The second kappa shape index (κ2) is 7.89. The van der Waals surface area contributed by atoms with Gasteiger partial charge in [-0.25, -0.2) is 4.79 Å². The molecule has 5 rings (SSSR count). The van der Waals surface area contributed by atoms with Crippen molar-refractivity contribution < 1.29 is 19.1 Å². The van der Waals surface area contributed by atoms with Crippen LogP contribution in [0.2, 0.25) is 0 Å². The highest BCUT2D eigenvalue weighted by Crippen LogP contribution is 2.32. The van der Waals surface area contributed by atoms with Crippen molar-refractivity contribution in [3.8, 4) is 11.5 Å². The molecule has 1 fully saturated rings. The van der Waals surface area contributed by atoms with Gasteiger partial charge in [0.1, 0.15) is 0 Å². The molecular formula is C21H25N5O4. The molecule has 0 aliphatic carbocycles. The highest BCUT2D eigenvalue weighted by Gasteiger charge is 2.28. The third-order valence-electron chi connectivity index (χ3n) is 5.95. The molecule has 1 aromatic heterocycles. The minimum absolute atomic E-state index is 0.0265. The molecule has 1 aromatic carbocycles. The topological polar surface area (TPSA) is 88.9 Å². The number of amides is 3. The summed E-state index contributed by atoms with van der Waals surface area (Å²) in [6, 6.07) is 5.52. The van der Waals surface area contributed by atoms with E-state index in [9.17, 15) is 9.59 Å². The van der Waals surface area contributed by atoms with Gasteiger partial charge in [-0.3, -0.25) is 9.48 Å². The molecule has 4 heterocycles. The fraction of sp³-hybridized carbons (Fsp3) is 0.476. The zero-order valence-corrected chi connectivity index (χ0v) is 16.8. The van der Waals surface area contributed by atoms with Gasteiger partial charge in [-0.2, -0.15) is 5.10 Å². The lowest BCUT2D eigenvalue weighted by Crippen LogP contribution is -2.53. The molecule has 0 atom stereocenters. The number of nitrogens with one attached hydrogen (secondary N) is 1. The molecular weight excluding hydrogens is 386 g/mol. The smallest absolute Gasteiger partial charge is 0.317 e. The fourth-order valence-electron chi connectivity index (χ4n) is 4.22. The maximum atomic E-state index is 12.9. The number of ether oxygens (including phenoxy) is 2. The first-order chi connectivity index (χ1) is 14.7. The Morgan fingerprint density at radius 3 is 2.67 bits per heavy atom. The number of piperazine rings is 1. The van der Waals surface area contributed by atoms with Crippen molar-refractivity contribution >= 4 is 11.9 Å². The SMILES string of the molecule is O=C(NCc1ccc2c(c1)OCO2)N1CCN(C(=O)c2cnn3c2CCCC3)CC1. The maximum Gasteiger partial charge on any atom is 0.317 e. The van der Waals surface area contributed by atoms with Gasteiger partial charge in [0.15, 0.2) is 11.5 Å². The van der Waals surface area contributed by atoms with Crippen molar-refractivity contribution in [1.29, 1.82) is 0 Å². The number of aromatic nitrogens is 2. The Hall–Kier alpha value is -3.23. The highest BCUT2D eigenvalue weighted by molar-refractivity contribution is 5.95. The normalized spacial score (nSPS) is 17.6. The molecule has 0 saturated carbocycles. The minimum Gasteiger partial charge on any atom is -0.454 e. The van der Waals surface area contributed by atoms with Crippen LogP contribution >= 0.6 is 0 Å². The summed E-state index contributed by atoms with van der Waals surface area (Å²) in [5.74, 6) is 1.46. The van der Waals surface area contributed by atoms with Crippen molar-refractivity contribution in [3.63, 3.8) is 0 Å². The van der Waals surface area contributed by atoms with Crippen LogP contribution in [-0.4, -0.2) is 64.5 Å². The summed E-state index contributed by atoms with van der Waals surface area (Å²) in [6.07, 6.45) is 4.82. The lowest BCUT2D eigenvalue weighted by atomic mass is 10.1. The summed E-state index contributed by atoms with van der Waals surface area (Å²) in [5, 5.41) is 7.31. The summed E-state index contributed by atoms with van der Waals surface area (Å²) in [7, 11) is 0. The molecule has 9 nitrogen and oxygen atoms in total. The molecule has 1 N–H and O–H groups in total. The number of aryl methyl sites for hydroxylation is 1. The zero-order chi connectivity index (χ0) is 20.5. The summed E-state index contributed by atoms with van der Waals surface area (Å²) in [6.45, 7) is 3.62. The molecule has 2 aromatic rings. The third-order valence-corrected chi connectivity index (χ3v) is 5.95. The number of benzene rings is 1. The lowest BCUT2D eigenvalue weighted by molar-refractivity contribution is 0.0663. The van der Waals surface area contributed by atoms with Crippen LogP contribution in [0.3, 0.4) is 0 Å². The monoisotopic (exact) mass is 411 g/mol. The molecule has 9 heteroatoms. The number of carbonyl (C=O) groups is 2. The van der Waals surface area contributed by atoms with Gasteiger partial charge in [0.2, 0.25) is 6.79 Å². The van der Waals surface area contributed by atoms with E-state index in [4.69, 9.17) is 9.47 Å². The molecule has 0 unspecified atom stereocenters. The first-order valence-corrected chi connectivity index (χ1v) is 10.4. The maximum absolute atomic E-state index is 12.9. The van der Waals surface area contributed by atoms with Crippen molar-refractivity contribution in [2.45, 2.75) is 32.4 Å². The zero-order valence-electron chi connectivity index (χ0n) is 16.8. The number of carbonyl (C=O) groups excluding carboxylic acids is 2. The highest BCUT2D eigenvalue weighted by atomic mass is 16.7. The third kappa shape index (κ3) is 3.55. The number of rotatable bonds is 3. The van der Waals surface area contributed by atoms with Gasteiger partial charge in [-0.1, -0.05) is 6.07 Å². The average Bonchev–Trinajstić information content (AvgIpc) is 3.43. The predicted molar refractivity (Wildman–Crippen MR) is 107 cm³/mol. The van der Waals surface area contributed by atoms with Crippen LogP contribution in [0.25, 0.3) is 0 Å². The van der Waals surface area contributed by atoms with E-state index in [1.165, 1.54) is 0 Å². The summed E-state index contributed by atoms with van der Waals surface area (Å²) >= 11 is 0. The molecule has 158 valence electrons. The Morgan fingerprint density at radius 1 is 1.00 bits per heavy atom. The van der Waals surface area contributed by atoms with Crippen LogP contribution in [0.5, 0.6) is 11.5 Å². The van der Waals surface area contributed by atoms with E-state index >= 15 is 0 Å². The van der Waals surface area contributed by atoms with Crippen molar-refractivity contribution in [2.24, 2.45) is 0 Å². The molecule has 1 saturated heterocycles. The standard InChI is InChI=1S/C21H25N5O4/c27-20(16-13-23-26-6-2-1-3-17(16)26)24-7-9-25(10-8-24)21(28)22-12-15-4-5-18-19(11-15)30-14-29-18/h4-5,11,13H,1-3,6-10,12,14H2,(H,22,28). The quantitative estimate of drug-likeness (QED) is 0.829. The van der Waals surface area contributed by atoms with Crippen LogP contribution in [0.4, 0.5) is 4.79 Å². The molecule has 3 aliphatic heterocycles. The second-order valence-electron chi connectivity index (χ2n) is 7.81. The van der Waals surface area contributed by atoms with Crippen molar-refractivity contribution in [1.82, 2.24) is 24.9 Å². The first-order valence-electron chi connectivity index (χ1n) is 10.4. The lowest BCUT2D eigenvalue weighted by Gasteiger charge is -2.34. The molecule has 3 amide bonds. The second-order valence-corrected chi connectivity index (χ2v) is 7.81. The molecule has 0 bridgehead atoms. The van der Waals surface area contributed by atoms with Gasteiger partial charge < -0.3 is 24.6 Å². The largest absolute Gasteiger partial charge is 0.454 e. The number of fused-ring (bicyclic) bond motifs is 2. The summed E-state index contributed by atoms with van der Waals surface area (Å²) in [5.41, 5.74) is 2.72. The van der Waals surface area contributed by atoms with Gasteiger partial charge in [0, 0.05) is 39.3 Å². The van der Waals surface area contributed by atoms with E-state index in [-0.39, 0.29) is 18.7 Å². The average molecular weight is 411 g/mol. The fourth-order valence-corrected chi connectivity index (χ4v) is 4.22. The number of hydrogen-bond donors (Lipinski definition) is 1. The van der Waals surface area contributed by atoms with Crippen LogP contribution in [0.15, 0.2) is 24.4 Å². The minimum atomic E-state index is -0.123. The van der Waals surface area contributed by atoms with Crippen molar-refractivity contribution in [2.75, 3.05) is 33.0 Å². The number of urea groups is 1. The Labute approximate surface area is 174 Å². The summed E-state index contributed by atoms with van der Waals surface area (Å²) < 4.78 is 12.6. The first kappa shape index (κ1) is 18.8. The molecule has 0 spiro atoms. The predicted octanol–water partition coefficient (Wildman–Crippen LogP) is 1.62. The Balaban J connectivity index is 1.13. The van der Waals surface area contributed by atoms with E-state index in [2.05, 4.69) is 10.4 Å². The van der Waals surface area contributed by atoms with E-state index in [0.29, 0.717) is 38.5 Å².